The molecular formula is C35H35Cl6N2Zn2+. The molecule has 0 unspecified atom stereocenters. The third-order valence-corrected chi connectivity index (χ3v) is 8.15. The Kier molecular flexibility index (Phi) is 15.2. The van der Waals surface area contributed by atoms with Crippen molar-refractivity contribution in [3.05, 3.63) is 126 Å². The fraction of sp³-hybridized carbons (Fsp3) is 0.229. The van der Waals surface area contributed by atoms with Crippen LogP contribution in [0.15, 0.2) is 115 Å². The summed E-state index contributed by atoms with van der Waals surface area (Å²) in [7, 11) is 34.5. The Morgan fingerprint density at radius 1 is 0.689 bits per heavy atom. The molecule has 0 bridgehead atoms. The molecule has 0 atom stereocenters. The fourth-order valence-electron chi connectivity index (χ4n) is 6.18. The van der Waals surface area contributed by atoms with E-state index in [9.17, 15) is 0 Å². The Labute approximate surface area is 302 Å². The van der Waals surface area contributed by atoms with Gasteiger partial charge in [0.15, 0.2) is 11.8 Å². The van der Waals surface area contributed by atoms with Gasteiger partial charge in [0.05, 0.1) is 5.69 Å². The third-order valence-electron chi connectivity index (χ3n) is 8.15. The first-order valence-corrected chi connectivity index (χ1v) is 38.6. The topological polar surface area (TPSA) is 7.94 Å². The molecule has 0 N–H and O–H groups in total. The van der Waals surface area contributed by atoms with Gasteiger partial charge >= 0.3 is 84.1 Å². The quantitative estimate of drug-likeness (QED) is 0.143. The number of aryl methyl sites for hydroxylation is 1. The van der Waals surface area contributed by atoms with Crippen LogP contribution in [0.3, 0.4) is 0 Å². The summed E-state index contributed by atoms with van der Waals surface area (Å²) >= 11 is -4.42. The number of hydrogen-bond donors (Lipinski definition) is 0. The minimum absolute atomic E-state index is 0.653. The molecule has 0 saturated heterocycles. The number of rotatable bonds is 4. The van der Waals surface area contributed by atoms with E-state index in [2.05, 4.69) is 132 Å². The van der Waals surface area contributed by atoms with E-state index in [1.165, 1.54) is 82.2 Å². The van der Waals surface area contributed by atoms with Gasteiger partial charge < -0.3 is 4.57 Å². The van der Waals surface area contributed by atoms with Crippen LogP contribution >= 0.6 is 58.1 Å². The second-order valence-electron chi connectivity index (χ2n) is 11.0. The van der Waals surface area contributed by atoms with Crippen LogP contribution < -0.4 is 0 Å². The standard InChI is InChI=1S/C35H35N2.6ClH.2Zn/c1-36(29-18-10-5-11-19-29)30-24-22-27(23-25-30)33(26-14-6-3-7-15-26)34-31-20-12-13-21-32(31)37(2)35(34)28-16-8-4-9-17-28;;;;;;;;/h3-4,6-9,12-17,20-25,29H,5,10-11,18-19H2,1-2H3;6*1H;;/q+1;;;;;;;2*+3/p-6. The van der Waals surface area contributed by atoms with Gasteiger partial charge in [-0.2, -0.15) is 0 Å². The maximum atomic E-state index is 5.01. The second kappa shape index (κ2) is 18.6. The number of allylic oxidation sites excluding steroid dienone is 5. The minimum atomic E-state index is -2.21. The van der Waals surface area contributed by atoms with Gasteiger partial charge in [0, 0.05) is 48.5 Å². The van der Waals surface area contributed by atoms with Crippen LogP contribution in [-0.2, 0) is 33.0 Å². The van der Waals surface area contributed by atoms with Crippen molar-refractivity contribution in [1.29, 1.82) is 0 Å². The van der Waals surface area contributed by atoms with Gasteiger partial charge in [-0.3, -0.25) is 0 Å². The molecule has 6 rings (SSSR count). The molecule has 45 heavy (non-hydrogen) atoms. The van der Waals surface area contributed by atoms with Gasteiger partial charge in [-0.05, 0) is 53.3 Å². The number of para-hydroxylation sites is 1. The van der Waals surface area contributed by atoms with Gasteiger partial charge in [0.25, 0.3) is 0 Å². The number of nitrogens with zero attached hydrogens (tertiary/aromatic N) is 2. The van der Waals surface area contributed by atoms with Crippen molar-refractivity contribution in [2.75, 3.05) is 7.05 Å². The molecular weight excluding hydrogens is 792 g/mol. The molecule has 0 amide bonds. The molecule has 0 spiro atoms. The Hall–Kier alpha value is -0.923. The molecule has 1 aromatic heterocycles. The zero-order valence-electron chi connectivity index (χ0n) is 25.6. The van der Waals surface area contributed by atoms with E-state index in [0.717, 1.165) is 0 Å². The summed E-state index contributed by atoms with van der Waals surface area (Å²) in [5.41, 5.74) is 10.1. The van der Waals surface area contributed by atoms with Crippen molar-refractivity contribution in [2.45, 2.75) is 38.1 Å². The van der Waals surface area contributed by atoms with Gasteiger partial charge in [-0.25, -0.2) is 4.58 Å². The number of benzene rings is 3. The first-order chi connectivity index (χ1) is 21.7. The van der Waals surface area contributed by atoms with Crippen molar-refractivity contribution in [3.63, 3.8) is 0 Å². The van der Waals surface area contributed by atoms with Crippen LogP contribution in [0.5, 0.6) is 0 Å². The number of aromatic nitrogens is 1. The molecule has 1 saturated carbocycles. The van der Waals surface area contributed by atoms with E-state index in [4.69, 9.17) is 58.1 Å². The second-order valence-corrected chi connectivity index (χ2v) is 38.7. The Morgan fingerprint density at radius 3 is 1.78 bits per heavy atom. The summed E-state index contributed by atoms with van der Waals surface area (Å²) < 4.78 is 4.85. The first kappa shape index (κ1) is 36.9. The predicted molar refractivity (Wildman–Crippen MR) is 192 cm³/mol. The van der Waals surface area contributed by atoms with Gasteiger partial charge in [0.1, 0.15) is 7.05 Å². The van der Waals surface area contributed by atoms with Crippen LogP contribution in [0.1, 0.15) is 43.2 Å². The average Bonchev–Trinajstić information content (AvgIpc) is 3.34. The summed E-state index contributed by atoms with van der Waals surface area (Å²) in [6.07, 6.45) is 16.0. The van der Waals surface area contributed by atoms with Crippen molar-refractivity contribution in [2.24, 2.45) is 7.05 Å². The predicted octanol–water partition coefficient (Wildman–Crippen LogP) is 12.3. The molecule has 2 aliphatic carbocycles. The Bertz CT molecular complexity index is 1640. The summed E-state index contributed by atoms with van der Waals surface area (Å²) in [5.74, 6) is 0. The zero-order chi connectivity index (χ0) is 32.3. The van der Waals surface area contributed by atoms with Crippen LogP contribution in [0.2, 0.25) is 0 Å². The zero-order valence-corrected chi connectivity index (χ0v) is 36.1. The molecule has 2 aliphatic rings. The molecule has 230 valence electrons. The molecule has 10 heteroatoms. The molecule has 2 nitrogen and oxygen atoms in total. The summed E-state index contributed by atoms with van der Waals surface area (Å²) in [6.45, 7) is 0. The van der Waals surface area contributed by atoms with E-state index >= 15 is 0 Å². The average molecular weight is 827 g/mol. The Balaban J connectivity index is 0.000000518. The number of hydrogen-bond acceptors (Lipinski definition) is 0. The van der Waals surface area contributed by atoms with E-state index in [1.54, 1.807) is 0 Å². The maximum absolute atomic E-state index is 5.01. The van der Waals surface area contributed by atoms with E-state index < -0.39 is 26.0 Å². The van der Waals surface area contributed by atoms with E-state index in [0.29, 0.717) is 6.04 Å². The van der Waals surface area contributed by atoms with Crippen LogP contribution in [0.4, 0.5) is 0 Å². The summed E-state index contributed by atoms with van der Waals surface area (Å²) in [5, 5.41) is 1.28. The van der Waals surface area contributed by atoms with Crippen LogP contribution in [0, 0.1) is 0 Å². The number of halogens is 6. The monoisotopic (exact) mass is 821 g/mol. The molecule has 1 heterocycles. The first-order valence-electron chi connectivity index (χ1n) is 15.2. The molecule has 4 aromatic rings. The van der Waals surface area contributed by atoms with E-state index in [-0.39, 0.29) is 0 Å². The summed E-state index contributed by atoms with van der Waals surface area (Å²) in [6, 6.07) is 31.1. The molecule has 1 fully saturated rings. The van der Waals surface area contributed by atoms with E-state index in [1.807, 2.05) is 0 Å². The number of fused-ring (bicyclic) bond motifs is 1. The van der Waals surface area contributed by atoms with Gasteiger partial charge in [-0.15, -0.1) is 0 Å². The third kappa shape index (κ3) is 10.3. The summed E-state index contributed by atoms with van der Waals surface area (Å²) in [4.78, 5) is 0. The van der Waals surface area contributed by atoms with Gasteiger partial charge in [-0.1, -0.05) is 85.3 Å². The van der Waals surface area contributed by atoms with Crippen molar-refractivity contribution < 1.29 is 30.5 Å². The molecule has 0 radical (unpaired) electrons. The Morgan fingerprint density at radius 2 is 1.20 bits per heavy atom. The SMILES string of the molecule is Cn1c(-c2ccccc2)c(C(=C2C=CC(=[N+](C)C3CCCCC3)C=C2)c2ccccc2)c2ccccc21.[Cl][Zn]([Cl])[Cl].[Cl][Zn]([Cl])[Cl]. The molecule has 0 aliphatic heterocycles. The van der Waals surface area contributed by atoms with Crippen molar-refractivity contribution in [3.8, 4) is 11.3 Å². The van der Waals surface area contributed by atoms with Crippen LogP contribution in [0.25, 0.3) is 27.7 Å². The molecule has 3 aromatic carbocycles. The van der Waals surface area contributed by atoms with Gasteiger partial charge in [0.2, 0.25) is 0 Å². The van der Waals surface area contributed by atoms with Crippen molar-refractivity contribution >= 4 is 80.3 Å². The van der Waals surface area contributed by atoms with Crippen molar-refractivity contribution in [1.82, 2.24) is 4.57 Å². The normalized spacial score (nSPS) is 14.3. The fourth-order valence-corrected chi connectivity index (χ4v) is 6.18. The van der Waals surface area contributed by atoms with Crippen LogP contribution in [-0.4, -0.2) is 27.9 Å².